The van der Waals surface area contributed by atoms with E-state index < -0.39 is 23.9 Å². The van der Waals surface area contributed by atoms with Gasteiger partial charge in [0.05, 0.1) is 12.7 Å². The van der Waals surface area contributed by atoms with Crippen LogP contribution < -0.4 is 16.0 Å². The number of nitrogens with one attached hydrogen (secondary N) is 3. The first-order valence-electron chi connectivity index (χ1n) is 8.13. The van der Waals surface area contributed by atoms with E-state index in [1.165, 1.54) is 7.11 Å². The Morgan fingerprint density at radius 3 is 2.23 bits per heavy atom. The molecular formula is C19H21N3O4. The summed E-state index contributed by atoms with van der Waals surface area (Å²) >= 11 is 0. The highest BCUT2D eigenvalue weighted by Gasteiger charge is 2.22. The number of carbonyl (C=O) groups excluding carboxylic acids is 3. The molecule has 0 aliphatic carbocycles. The van der Waals surface area contributed by atoms with E-state index in [1.54, 1.807) is 43.3 Å². The van der Waals surface area contributed by atoms with Crippen molar-refractivity contribution in [2.45, 2.75) is 13.0 Å². The van der Waals surface area contributed by atoms with E-state index in [9.17, 15) is 14.4 Å². The summed E-state index contributed by atoms with van der Waals surface area (Å²) in [4.78, 5) is 35.7. The van der Waals surface area contributed by atoms with Gasteiger partial charge >= 0.3 is 12.0 Å². The fourth-order valence-electron chi connectivity index (χ4n) is 2.32. The molecule has 136 valence electrons. The number of hydrogen-bond acceptors (Lipinski definition) is 5. The Labute approximate surface area is 151 Å². The van der Waals surface area contributed by atoms with Crippen molar-refractivity contribution in [1.29, 1.82) is 0 Å². The normalized spacial score (nSPS) is 11.2. The Morgan fingerprint density at radius 2 is 1.65 bits per heavy atom. The van der Waals surface area contributed by atoms with Crippen LogP contribution in [0, 0.1) is 0 Å². The van der Waals surface area contributed by atoms with Gasteiger partial charge in [-0.25, -0.2) is 9.59 Å². The fourth-order valence-corrected chi connectivity index (χ4v) is 2.32. The summed E-state index contributed by atoms with van der Waals surface area (Å²) < 4.78 is 4.66. The van der Waals surface area contributed by atoms with Crippen LogP contribution in [0.5, 0.6) is 0 Å². The molecule has 0 aliphatic heterocycles. The maximum absolute atomic E-state index is 12.5. The molecule has 3 amide bonds. The molecule has 0 aromatic heterocycles. The average Bonchev–Trinajstić information content (AvgIpc) is 2.66. The van der Waals surface area contributed by atoms with Crippen molar-refractivity contribution in [3.05, 3.63) is 65.7 Å². The van der Waals surface area contributed by atoms with Gasteiger partial charge in [-0.1, -0.05) is 30.3 Å². The summed E-state index contributed by atoms with van der Waals surface area (Å²) in [6.45, 7) is 2.18. The van der Waals surface area contributed by atoms with E-state index >= 15 is 0 Å². The average molecular weight is 355 g/mol. The summed E-state index contributed by atoms with van der Waals surface area (Å²) in [7, 11) is 1.31. The molecule has 0 fully saturated rings. The Bertz CT molecular complexity index is 760. The molecule has 7 heteroatoms. The molecule has 0 saturated carbocycles. The number of hydrogen-bond donors (Lipinski definition) is 3. The first-order chi connectivity index (χ1) is 12.5. The summed E-state index contributed by atoms with van der Waals surface area (Å²) in [5.41, 5.74) is 1.73. The zero-order valence-corrected chi connectivity index (χ0v) is 14.6. The van der Waals surface area contributed by atoms with Gasteiger partial charge in [-0.3, -0.25) is 10.1 Å². The second-order valence-corrected chi connectivity index (χ2v) is 5.41. The number of methoxy groups -OCH3 is 1. The van der Waals surface area contributed by atoms with Crippen LogP contribution in [-0.4, -0.2) is 31.6 Å². The molecule has 0 aliphatic rings. The van der Waals surface area contributed by atoms with Crippen LogP contribution in [0.4, 0.5) is 10.5 Å². The van der Waals surface area contributed by atoms with E-state index in [-0.39, 0.29) is 0 Å². The zero-order valence-electron chi connectivity index (χ0n) is 14.6. The third kappa shape index (κ3) is 5.07. The van der Waals surface area contributed by atoms with Gasteiger partial charge in [-0.2, -0.15) is 0 Å². The van der Waals surface area contributed by atoms with Crippen molar-refractivity contribution in [1.82, 2.24) is 10.6 Å². The quantitative estimate of drug-likeness (QED) is 0.692. The molecule has 1 atom stereocenters. The molecule has 0 radical (unpaired) electrons. The van der Waals surface area contributed by atoms with E-state index in [0.29, 0.717) is 23.4 Å². The van der Waals surface area contributed by atoms with Gasteiger partial charge in [0.1, 0.15) is 6.04 Å². The number of rotatable bonds is 6. The highest BCUT2D eigenvalue weighted by molar-refractivity contribution is 5.98. The fraction of sp³-hybridized carbons (Fsp3) is 0.211. The van der Waals surface area contributed by atoms with Gasteiger partial charge in [0, 0.05) is 12.2 Å². The lowest BCUT2D eigenvalue weighted by molar-refractivity contribution is -0.120. The molecule has 2 aromatic rings. The van der Waals surface area contributed by atoms with Crippen LogP contribution in [-0.2, 0) is 9.53 Å². The first-order valence-corrected chi connectivity index (χ1v) is 8.13. The van der Waals surface area contributed by atoms with Crippen molar-refractivity contribution >= 4 is 23.6 Å². The number of ether oxygens (including phenoxy) is 1. The third-order valence-corrected chi connectivity index (χ3v) is 3.59. The standard InChI is InChI=1S/C19H21N3O4/c1-3-20-19(25)22-17(23)16(13-7-5-4-6-8-13)21-15-11-9-14(10-12-15)18(24)26-2/h4-12,16,21H,3H2,1-2H3,(H2,20,22,23,25). The highest BCUT2D eigenvalue weighted by Crippen LogP contribution is 2.20. The Hall–Kier alpha value is -3.35. The van der Waals surface area contributed by atoms with Crippen molar-refractivity contribution in [3.8, 4) is 0 Å². The van der Waals surface area contributed by atoms with Gasteiger partial charge in [-0.15, -0.1) is 0 Å². The number of imide groups is 1. The van der Waals surface area contributed by atoms with Crippen LogP contribution in [0.2, 0.25) is 0 Å². The molecule has 2 rings (SSSR count). The highest BCUT2D eigenvalue weighted by atomic mass is 16.5. The van der Waals surface area contributed by atoms with Gasteiger partial charge in [-0.05, 0) is 36.8 Å². The van der Waals surface area contributed by atoms with E-state index in [4.69, 9.17) is 0 Å². The monoisotopic (exact) mass is 355 g/mol. The van der Waals surface area contributed by atoms with Crippen molar-refractivity contribution in [3.63, 3.8) is 0 Å². The smallest absolute Gasteiger partial charge is 0.337 e. The molecular weight excluding hydrogens is 334 g/mol. The zero-order chi connectivity index (χ0) is 18.9. The number of anilines is 1. The molecule has 7 nitrogen and oxygen atoms in total. The molecule has 0 bridgehead atoms. The van der Waals surface area contributed by atoms with Crippen LogP contribution >= 0.6 is 0 Å². The molecule has 0 spiro atoms. The largest absolute Gasteiger partial charge is 0.465 e. The number of esters is 1. The Kier molecular flexibility index (Phi) is 6.73. The summed E-state index contributed by atoms with van der Waals surface area (Å²) in [6, 6.07) is 14.2. The minimum atomic E-state index is -0.775. The topological polar surface area (TPSA) is 96.5 Å². The molecule has 2 aromatic carbocycles. The van der Waals surface area contributed by atoms with E-state index in [1.807, 2.05) is 18.2 Å². The number of benzene rings is 2. The number of amides is 3. The second kappa shape index (κ2) is 9.22. The SMILES string of the molecule is CCNC(=O)NC(=O)C(Nc1ccc(C(=O)OC)cc1)c1ccccc1. The molecule has 0 heterocycles. The maximum Gasteiger partial charge on any atom is 0.337 e. The van der Waals surface area contributed by atoms with Gasteiger partial charge in [0.15, 0.2) is 0 Å². The lowest BCUT2D eigenvalue weighted by Gasteiger charge is -2.19. The minimum Gasteiger partial charge on any atom is -0.465 e. The molecule has 26 heavy (non-hydrogen) atoms. The van der Waals surface area contributed by atoms with Crippen LogP contribution in [0.25, 0.3) is 0 Å². The Balaban J connectivity index is 2.20. The predicted molar refractivity (Wildman–Crippen MR) is 97.8 cm³/mol. The summed E-state index contributed by atoms with van der Waals surface area (Å²) in [5.74, 6) is -0.927. The Morgan fingerprint density at radius 1 is 1.00 bits per heavy atom. The van der Waals surface area contributed by atoms with E-state index in [2.05, 4.69) is 20.7 Å². The van der Waals surface area contributed by atoms with E-state index in [0.717, 1.165) is 0 Å². The van der Waals surface area contributed by atoms with Crippen LogP contribution in [0.15, 0.2) is 54.6 Å². The van der Waals surface area contributed by atoms with Crippen LogP contribution in [0.3, 0.4) is 0 Å². The van der Waals surface area contributed by atoms with Gasteiger partial charge in [0.25, 0.3) is 5.91 Å². The van der Waals surface area contributed by atoms with Gasteiger partial charge < -0.3 is 15.4 Å². The van der Waals surface area contributed by atoms with Crippen molar-refractivity contribution in [2.24, 2.45) is 0 Å². The lowest BCUT2D eigenvalue weighted by Crippen LogP contribution is -2.43. The second-order valence-electron chi connectivity index (χ2n) is 5.41. The third-order valence-electron chi connectivity index (χ3n) is 3.59. The predicted octanol–water partition coefficient (Wildman–Crippen LogP) is 2.47. The minimum absolute atomic E-state index is 0.404. The summed E-state index contributed by atoms with van der Waals surface area (Å²) in [6.07, 6.45) is 0. The van der Waals surface area contributed by atoms with Crippen molar-refractivity contribution in [2.75, 3.05) is 19.0 Å². The number of urea groups is 1. The van der Waals surface area contributed by atoms with Crippen molar-refractivity contribution < 1.29 is 19.1 Å². The van der Waals surface area contributed by atoms with Gasteiger partial charge in [0.2, 0.25) is 0 Å². The van der Waals surface area contributed by atoms with Crippen LogP contribution in [0.1, 0.15) is 28.9 Å². The number of carbonyl (C=O) groups is 3. The molecule has 0 saturated heterocycles. The lowest BCUT2D eigenvalue weighted by atomic mass is 10.1. The molecule has 3 N–H and O–H groups in total. The molecule has 1 unspecified atom stereocenters. The summed E-state index contributed by atoms with van der Waals surface area (Å²) in [5, 5.41) is 7.92. The first kappa shape index (κ1) is 19.0. The maximum atomic E-state index is 12.5.